The predicted octanol–water partition coefficient (Wildman–Crippen LogP) is 3.83. The molecule has 1 fully saturated rings. The first-order valence-corrected chi connectivity index (χ1v) is 8.83. The first-order chi connectivity index (χ1) is 13.5. The van der Waals surface area contributed by atoms with Gasteiger partial charge in [0.1, 0.15) is 11.5 Å². The van der Waals surface area contributed by atoms with Gasteiger partial charge in [0.15, 0.2) is 13.2 Å². The van der Waals surface area contributed by atoms with Gasteiger partial charge in [0.2, 0.25) is 0 Å². The van der Waals surface area contributed by atoms with Crippen molar-refractivity contribution in [3.8, 4) is 11.5 Å². The minimum atomic E-state index is -4.63. The van der Waals surface area contributed by atoms with Crippen molar-refractivity contribution >= 4 is 11.7 Å². The lowest BCUT2D eigenvalue weighted by atomic mass is 10.1. The normalized spacial score (nSPS) is 17.5. The Hall–Kier alpha value is -2.37. The van der Waals surface area contributed by atoms with Gasteiger partial charge in [-0.25, -0.2) is 4.79 Å². The highest BCUT2D eigenvalue weighted by atomic mass is 19.4. The Balaban J connectivity index is 2.03. The van der Waals surface area contributed by atoms with Gasteiger partial charge in [0.25, 0.3) is 0 Å². The fourth-order valence-corrected chi connectivity index (χ4v) is 2.63. The second-order valence-electron chi connectivity index (χ2n) is 6.45. The number of amides is 2. The lowest BCUT2D eigenvalue weighted by Gasteiger charge is -2.23. The fourth-order valence-electron chi connectivity index (χ4n) is 2.63. The molecule has 1 atom stereocenters. The number of hydrogen-bond acceptors (Lipinski definition) is 4. The van der Waals surface area contributed by atoms with Crippen LogP contribution in [0.4, 0.5) is 36.8 Å². The number of urea groups is 1. The highest BCUT2D eigenvalue weighted by Gasteiger charge is 2.30. The van der Waals surface area contributed by atoms with Gasteiger partial charge in [-0.1, -0.05) is 6.42 Å². The Labute approximate surface area is 162 Å². The van der Waals surface area contributed by atoms with Crippen LogP contribution in [0.5, 0.6) is 11.5 Å². The number of piperidine rings is 1. The van der Waals surface area contributed by atoms with Crippen molar-refractivity contribution in [1.29, 1.82) is 0 Å². The number of rotatable bonds is 7. The van der Waals surface area contributed by atoms with Gasteiger partial charge in [0, 0.05) is 18.7 Å². The maximum absolute atomic E-state index is 12.4. The molecule has 6 nitrogen and oxygen atoms in total. The molecule has 2 amide bonds. The van der Waals surface area contributed by atoms with Gasteiger partial charge in [-0.2, -0.15) is 26.3 Å². The van der Waals surface area contributed by atoms with E-state index in [-0.39, 0.29) is 29.8 Å². The molecule has 1 saturated heterocycles. The van der Waals surface area contributed by atoms with Crippen LogP contribution in [0.1, 0.15) is 19.3 Å². The van der Waals surface area contributed by atoms with E-state index in [0.717, 1.165) is 44.0 Å². The van der Waals surface area contributed by atoms with E-state index in [2.05, 4.69) is 25.4 Å². The molecule has 1 aliphatic heterocycles. The third-order valence-electron chi connectivity index (χ3n) is 3.91. The Morgan fingerprint density at radius 1 is 1.07 bits per heavy atom. The lowest BCUT2D eigenvalue weighted by Crippen LogP contribution is -2.44. The zero-order valence-corrected chi connectivity index (χ0v) is 15.3. The largest absolute Gasteiger partial charge is 0.484 e. The molecule has 0 aromatic heterocycles. The lowest BCUT2D eigenvalue weighted by molar-refractivity contribution is -0.154. The highest BCUT2D eigenvalue weighted by molar-refractivity contribution is 5.91. The quantitative estimate of drug-likeness (QED) is 0.577. The summed E-state index contributed by atoms with van der Waals surface area (Å²) in [5, 5.41) is 8.07. The maximum atomic E-state index is 12.4. The van der Waals surface area contributed by atoms with E-state index in [1.54, 1.807) is 0 Å². The van der Waals surface area contributed by atoms with E-state index in [1.165, 1.54) is 0 Å². The SMILES string of the molecule is O=C(NCC1CCCCN1)Nc1cc(OCC(F)(F)F)ccc1OCC(F)(F)F. The van der Waals surface area contributed by atoms with E-state index in [4.69, 9.17) is 0 Å². The second kappa shape index (κ2) is 9.90. The van der Waals surface area contributed by atoms with Crippen molar-refractivity contribution in [3.05, 3.63) is 18.2 Å². The summed E-state index contributed by atoms with van der Waals surface area (Å²) in [4.78, 5) is 12.1. The van der Waals surface area contributed by atoms with Gasteiger partial charge in [0.05, 0.1) is 5.69 Å². The Morgan fingerprint density at radius 3 is 2.38 bits per heavy atom. The summed E-state index contributed by atoms with van der Waals surface area (Å²) >= 11 is 0. The van der Waals surface area contributed by atoms with Crippen LogP contribution in [-0.2, 0) is 0 Å². The number of halogens is 6. The molecule has 1 unspecified atom stereocenters. The Morgan fingerprint density at radius 2 is 1.76 bits per heavy atom. The standard InChI is InChI=1S/C17H21F6N3O3/c18-16(19,20)9-28-12-4-5-14(29-10-17(21,22)23)13(7-12)26-15(27)25-8-11-3-1-2-6-24-11/h4-5,7,11,24H,1-3,6,8-10H2,(H2,25,26,27). The molecule has 164 valence electrons. The van der Waals surface area contributed by atoms with Crippen molar-refractivity contribution < 1.29 is 40.6 Å². The molecule has 1 aromatic carbocycles. The maximum Gasteiger partial charge on any atom is 0.422 e. The Kier molecular flexibility index (Phi) is 7.82. The van der Waals surface area contributed by atoms with Crippen molar-refractivity contribution in [2.75, 3.05) is 31.6 Å². The number of hydrogen-bond donors (Lipinski definition) is 3. The molecule has 0 saturated carbocycles. The van der Waals surface area contributed by atoms with Crippen molar-refractivity contribution in [2.45, 2.75) is 37.7 Å². The second-order valence-corrected chi connectivity index (χ2v) is 6.45. The van der Waals surface area contributed by atoms with E-state index < -0.39 is 31.6 Å². The average Bonchev–Trinajstić information content (AvgIpc) is 2.63. The van der Waals surface area contributed by atoms with Gasteiger partial charge in [-0.05, 0) is 31.5 Å². The summed E-state index contributed by atoms with van der Waals surface area (Å²) in [5.41, 5.74) is -0.247. The molecule has 0 bridgehead atoms. The van der Waals surface area contributed by atoms with E-state index >= 15 is 0 Å². The van der Waals surface area contributed by atoms with Crippen LogP contribution in [0.25, 0.3) is 0 Å². The topological polar surface area (TPSA) is 71.6 Å². The third-order valence-corrected chi connectivity index (χ3v) is 3.91. The van der Waals surface area contributed by atoms with Crippen LogP contribution in [0, 0.1) is 0 Å². The fraction of sp³-hybridized carbons (Fsp3) is 0.588. The van der Waals surface area contributed by atoms with Crippen molar-refractivity contribution in [2.24, 2.45) is 0 Å². The molecule has 12 heteroatoms. The van der Waals surface area contributed by atoms with Crippen LogP contribution in [-0.4, -0.2) is 50.7 Å². The summed E-state index contributed by atoms with van der Waals surface area (Å²) in [6, 6.07) is 2.32. The molecule has 29 heavy (non-hydrogen) atoms. The summed E-state index contributed by atoms with van der Waals surface area (Å²) in [5.74, 6) is -0.640. The number of anilines is 1. The number of ether oxygens (including phenoxy) is 2. The number of carbonyl (C=O) groups is 1. The highest BCUT2D eigenvalue weighted by Crippen LogP contribution is 2.31. The van der Waals surface area contributed by atoms with Crippen LogP contribution >= 0.6 is 0 Å². The first-order valence-electron chi connectivity index (χ1n) is 8.83. The minimum absolute atomic E-state index is 0.0666. The third kappa shape index (κ3) is 9.11. The molecule has 2 rings (SSSR count). The zero-order valence-electron chi connectivity index (χ0n) is 15.3. The van der Waals surface area contributed by atoms with Gasteiger partial charge < -0.3 is 25.4 Å². The van der Waals surface area contributed by atoms with Crippen LogP contribution < -0.4 is 25.4 Å². The van der Waals surface area contributed by atoms with E-state index in [0.29, 0.717) is 0 Å². The summed E-state index contributed by atoms with van der Waals surface area (Å²) in [6.45, 7) is -2.11. The average molecular weight is 429 g/mol. The number of benzene rings is 1. The molecular weight excluding hydrogens is 408 g/mol. The van der Waals surface area contributed by atoms with Gasteiger partial charge in [-0.3, -0.25) is 0 Å². The van der Waals surface area contributed by atoms with Crippen LogP contribution in [0.15, 0.2) is 18.2 Å². The molecule has 0 spiro atoms. The van der Waals surface area contributed by atoms with Gasteiger partial charge >= 0.3 is 18.4 Å². The first kappa shape index (κ1) is 22.9. The molecule has 3 N–H and O–H groups in total. The molecule has 1 heterocycles. The smallest absolute Gasteiger partial charge is 0.422 e. The van der Waals surface area contributed by atoms with Crippen LogP contribution in [0.2, 0.25) is 0 Å². The molecule has 1 aliphatic rings. The monoisotopic (exact) mass is 429 g/mol. The molecule has 0 aliphatic carbocycles. The Bertz CT molecular complexity index is 675. The zero-order chi connectivity index (χ0) is 21.5. The van der Waals surface area contributed by atoms with Crippen molar-refractivity contribution in [1.82, 2.24) is 10.6 Å². The molecule has 1 aromatic rings. The summed E-state index contributed by atoms with van der Waals surface area (Å²) in [7, 11) is 0. The molecular formula is C17H21F6N3O3. The van der Waals surface area contributed by atoms with Crippen molar-refractivity contribution in [3.63, 3.8) is 0 Å². The van der Waals surface area contributed by atoms with E-state index in [1.807, 2.05) is 0 Å². The number of carbonyl (C=O) groups excluding carboxylic acids is 1. The summed E-state index contributed by atoms with van der Waals surface area (Å²) < 4.78 is 83.3. The van der Waals surface area contributed by atoms with Crippen LogP contribution in [0.3, 0.4) is 0 Å². The summed E-state index contributed by atoms with van der Waals surface area (Å²) in [6.07, 6.45) is -6.32. The predicted molar refractivity (Wildman–Crippen MR) is 92.2 cm³/mol. The molecule has 0 radical (unpaired) electrons. The number of nitrogens with one attached hydrogen (secondary N) is 3. The van der Waals surface area contributed by atoms with Gasteiger partial charge in [-0.15, -0.1) is 0 Å². The minimum Gasteiger partial charge on any atom is -0.484 e. The number of alkyl halides is 6. The van der Waals surface area contributed by atoms with E-state index in [9.17, 15) is 31.1 Å².